The third-order valence-electron chi connectivity index (χ3n) is 8.99. The van der Waals surface area contributed by atoms with Crippen molar-refractivity contribution in [1.82, 2.24) is 0 Å². The lowest BCUT2D eigenvalue weighted by atomic mass is 10.0. The van der Waals surface area contributed by atoms with E-state index in [0.717, 1.165) is 50.4 Å². The van der Waals surface area contributed by atoms with Crippen LogP contribution in [0.4, 0.5) is 28.4 Å². The summed E-state index contributed by atoms with van der Waals surface area (Å²) in [5.74, 6) is 0. The molecule has 3 heteroatoms. The summed E-state index contributed by atoms with van der Waals surface area (Å²) in [6.45, 7) is 2.12. The largest absolute Gasteiger partial charge is 0.456 e. The molecule has 0 aliphatic heterocycles. The number of hydrogen-bond donors (Lipinski definition) is 0. The maximum Gasteiger partial charge on any atom is 0.135 e. The predicted octanol–water partition coefficient (Wildman–Crippen LogP) is 12.5. The van der Waals surface area contributed by atoms with Crippen LogP contribution in [0, 0.1) is 6.92 Å². The molecule has 0 aliphatic rings. The lowest BCUT2D eigenvalue weighted by Gasteiger charge is -2.26. The maximum atomic E-state index is 6.03. The normalized spacial score (nSPS) is 11.2. The molecule has 0 unspecified atom stereocenters. The molecule has 0 radical (unpaired) electrons. The number of benzene rings is 7. The minimum Gasteiger partial charge on any atom is -0.456 e. The molecule has 3 nitrogen and oxygen atoms in total. The highest BCUT2D eigenvalue weighted by atomic mass is 16.3. The van der Waals surface area contributed by atoms with E-state index in [1.54, 1.807) is 0 Å². The van der Waals surface area contributed by atoms with Gasteiger partial charge in [-0.05, 0) is 102 Å². The van der Waals surface area contributed by atoms with Gasteiger partial charge in [-0.15, -0.1) is 0 Å². The van der Waals surface area contributed by atoms with Crippen LogP contribution in [0.2, 0.25) is 0 Å². The molecule has 0 aliphatic carbocycles. The van der Waals surface area contributed by atoms with Gasteiger partial charge < -0.3 is 14.2 Å². The topological polar surface area (TPSA) is 19.6 Å². The third kappa shape index (κ3) is 5.53. The molecule has 0 atom stereocenters. The summed E-state index contributed by atoms with van der Waals surface area (Å²) in [6.07, 6.45) is 0. The van der Waals surface area contributed by atoms with Gasteiger partial charge in [-0.2, -0.15) is 0 Å². The SMILES string of the molecule is Cc1ccc(-c2ccc(N(c3ccccc3)c3ccc(-c4ccc(N(C)c5ccc6oc7ccccc7c6c5)cc4)cc3)cc2)cc1. The summed E-state index contributed by atoms with van der Waals surface area (Å²) >= 11 is 0. The predicted molar refractivity (Wildman–Crippen MR) is 199 cm³/mol. The van der Waals surface area contributed by atoms with E-state index in [-0.39, 0.29) is 0 Å². The van der Waals surface area contributed by atoms with Gasteiger partial charge in [0.15, 0.2) is 0 Å². The first kappa shape index (κ1) is 28.4. The molecule has 8 rings (SSSR count). The van der Waals surface area contributed by atoms with Gasteiger partial charge in [-0.3, -0.25) is 0 Å². The number of nitrogens with zero attached hydrogens (tertiary/aromatic N) is 2. The van der Waals surface area contributed by atoms with Gasteiger partial charge in [-0.1, -0.05) is 103 Å². The molecule has 0 fully saturated rings. The number of anilines is 5. The van der Waals surface area contributed by atoms with Gasteiger partial charge in [0.1, 0.15) is 11.2 Å². The number of fused-ring (bicyclic) bond motifs is 3. The Labute approximate surface area is 275 Å². The molecule has 47 heavy (non-hydrogen) atoms. The number of rotatable bonds is 7. The number of furan rings is 1. The summed E-state index contributed by atoms with van der Waals surface area (Å²) in [6, 6.07) is 60.3. The summed E-state index contributed by atoms with van der Waals surface area (Å²) in [5.41, 5.74) is 13.5. The standard InChI is InChI=1S/C44H34N2O/c1-31-12-14-32(15-13-31)34-18-24-38(25-19-34)46(37-8-4-3-5-9-37)39-26-20-35(21-27-39)33-16-22-36(23-17-33)45(2)40-28-29-44-42(30-40)41-10-6-7-11-43(41)47-44/h3-30H,1-2H3. The van der Waals surface area contributed by atoms with Gasteiger partial charge >= 0.3 is 0 Å². The second-order valence-electron chi connectivity index (χ2n) is 12.0. The second kappa shape index (κ2) is 12.0. The van der Waals surface area contributed by atoms with E-state index >= 15 is 0 Å². The summed E-state index contributed by atoms with van der Waals surface area (Å²) in [7, 11) is 2.11. The average molecular weight is 607 g/mol. The molecule has 8 aromatic rings. The lowest BCUT2D eigenvalue weighted by Crippen LogP contribution is -2.09. The molecule has 0 amide bonds. The fraction of sp³-hybridized carbons (Fsp3) is 0.0455. The lowest BCUT2D eigenvalue weighted by molar-refractivity contribution is 0.669. The Morgan fingerprint density at radius 1 is 0.383 bits per heavy atom. The minimum atomic E-state index is 0.909. The summed E-state index contributed by atoms with van der Waals surface area (Å²) < 4.78 is 6.03. The molecule has 0 spiro atoms. The third-order valence-corrected chi connectivity index (χ3v) is 8.99. The zero-order chi connectivity index (χ0) is 31.7. The zero-order valence-electron chi connectivity index (χ0n) is 26.5. The highest BCUT2D eigenvalue weighted by Crippen LogP contribution is 2.38. The first-order valence-corrected chi connectivity index (χ1v) is 16.0. The van der Waals surface area contributed by atoms with Crippen molar-refractivity contribution in [3.8, 4) is 22.3 Å². The maximum absolute atomic E-state index is 6.03. The Bertz CT molecular complexity index is 2280. The van der Waals surface area contributed by atoms with Crippen molar-refractivity contribution in [1.29, 1.82) is 0 Å². The molecule has 0 saturated heterocycles. The van der Waals surface area contributed by atoms with Gasteiger partial charge in [0, 0.05) is 46.3 Å². The first-order chi connectivity index (χ1) is 23.1. The van der Waals surface area contributed by atoms with Crippen LogP contribution in [0.1, 0.15) is 5.56 Å². The van der Waals surface area contributed by atoms with Crippen LogP contribution in [0.25, 0.3) is 44.2 Å². The molecular formula is C44H34N2O. The Kier molecular flexibility index (Phi) is 7.28. The quantitative estimate of drug-likeness (QED) is 0.180. The van der Waals surface area contributed by atoms with E-state index < -0.39 is 0 Å². The van der Waals surface area contributed by atoms with Crippen molar-refractivity contribution in [3.05, 3.63) is 175 Å². The molecule has 0 bridgehead atoms. The highest BCUT2D eigenvalue weighted by molar-refractivity contribution is 6.06. The van der Waals surface area contributed by atoms with Crippen molar-refractivity contribution in [2.24, 2.45) is 0 Å². The Morgan fingerprint density at radius 2 is 0.830 bits per heavy atom. The van der Waals surface area contributed by atoms with E-state index in [9.17, 15) is 0 Å². The molecule has 1 aromatic heterocycles. The van der Waals surface area contributed by atoms with E-state index in [4.69, 9.17) is 4.42 Å². The minimum absolute atomic E-state index is 0.909. The van der Waals surface area contributed by atoms with Crippen molar-refractivity contribution in [2.45, 2.75) is 6.92 Å². The summed E-state index contributed by atoms with van der Waals surface area (Å²) in [4.78, 5) is 4.52. The number of hydrogen-bond acceptors (Lipinski definition) is 3. The Hall–Kier alpha value is -6.06. The van der Waals surface area contributed by atoms with Crippen LogP contribution in [0.3, 0.4) is 0 Å². The Balaban J connectivity index is 1.05. The number of aryl methyl sites for hydroxylation is 1. The second-order valence-corrected chi connectivity index (χ2v) is 12.0. The Morgan fingerprint density at radius 3 is 1.43 bits per heavy atom. The highest BCUT2D eigenvalue weighted by Gasteiger charge is 2.14. The van der Waals surface area contributed by atoms with E-state index in [1.807, 2.05) is 12.1 Å². The molecule has 7 aromatic carbocycles. The first-order valence-electron chi connectivity index (χ1n) is 16.0. The van der Waals surface area contributed by atoms with E-state index in [0.29, 0.717) is 0 Å². The molecule has 1 heterocycles. The van der Waals surface area contributed by atoms with Gasteiger partial charge in [-0.25, -0.2) is 0 Å². The van der Waals surface area contributed by atoms with Crippen LogP contribution >= 0.6 is 0 Å². The monoisotopic (exact) mass is 606 g/mol. The van der Waals surface area contributed by atoms with E-state index in [2.05, 4.69) is 181 Å². The average Bonchev–Trinajstić information content (AvgIpc) is 3.51. The van der Waals surface area contributed by atoms with Crippen LogP contribution in [-0.2, 0) is 0 Å². The van der Waals surface area contributed by atoms with Crippen molar-refractivity contribution >= 4 is 50.4 Å². The van der Waals surface area contributed by atoms with Crippen LogP contribution in [0.5, 0.6) is 0 Å². The number of para-hydroxylation sites is 2. The van der Waals surface area contributed by atoms with Crippen LogP contribution in [0.15, 0.2) is 174 Å². The smallest absolute Gasteiger partial charge is 0.135 e. The van der Waals surface area contributed by atoms with Crippen molar-refractivity contribution < 1.29 is 4.42 Å². The van der Waals surface area contributed by atoms with Crippen molar-refractivity contribution in [2.75, 3.05) is 16.8 Å². The molecule has 226 valence electrons. The van der Waals surface area contributed by atoms with Gasteiger partial charge in [0.2, 0.25) is 0 Å². The van der Waals surface area contributed by atoms with Crippen molar-refractivity contribution in [3.63, 3.8) is 0 Å². The summed E-state index contributed by atoms with van der Waals surface area (Å²) in [5, 5.41) is 2.27. The fourth-order valence-electron chi connectivity index (χ4n) is 6.33. The van der Waals surface area contributed by atoms with Gasteiger partial charge in [0.05, 0.1) is 0 Å². The van der Waals surface area contributed by atoms with Crippen LogP contribution in [-0.4, -0.2) is 7.05 Å². The van der Waals surface area contributed by atoms with E-state index in [1.165, 1.54) is 27.8 Å². The molecule has 0 N–H and O–H groups in total. The molecule has 0 saturated carbocycles. The molecular weight excluding hydrogens is 572 g/mol. The fourth-order valence-corrected chi connectivity index (χ4v) is 6.33. The zero-order valence-corrected chi connectivity index (χ0v) is 26.5. The van der Waals surface area contributed by atoms with Crippen LogP contribution < -0.4 is 9.80 Å². The van der Waals surface area contributed by atoms with Gasteiger partial charge in [0.25, 0.3) is 0 Å².